The van der Waals surface area contributed by atoms with Crippen LogP contribution in [-0.4, -0.2) is 19.9 Å². The molecule has 11 rings (SSSR count). The van der Waals surface area contributed by atoms with Gasteiger partial charge in [-0.05, 0) is 59.7 Å². The molecule has 0 aliphatic heterocycles. The summed E-state index contributed by atoms with van der Waals surface area (Å²) in [5, 5.41) is 5.46. The number of nitrogens with zero attached hydrogens (tertiary/aromatic N) is 4. The third-order valence-corrected chi connectivity index (χ3v) is 12.1. The van der Waals surface area contributed by atoms with Crippen LogP contribution in [0.15, 0.2) is 162 Å². The van der Waals surface area contributed by atoms with Crippen LogP contribution in [0.25, 0.3) is 108 Å². The minimum atomic E-state index is 0.611. The molecule has 0 saturated heterocycles. The molecule has 0 radical (unpaired) electrons. The number of thiophene rings is 1. The molecular weight excluding hydrogens is 689 g/mol. The summed E-state index contributed by atoms with van der Waals surface area (Å²) >= 11 is 3.50. The number of hydrogen-bond donors (Lipinski definition) is 0. The largest absolute Gasteiger partial charge is 0.456 e. The lowest BCUT2D eigenvalue weighted by Gasteiger charge is -2.10. The average molecular weight is 715 g/mol. The van der Waals surface area contributed by atoms with Crippen molar-refractivity contribution in [3.63, 3.8) is 0 Å². The van der Waals surface area contributed by atoms with E-state index in [4.69, 9.17) is 24.4 Å². The first kappa shape index (κ1) is 30.1. The number of hydrogen-bond acceptors (Lipinski definition) is 7. The third kappa shape index (κ3) is 5.04. The lowest BCUT2D eigenvalue weighted by molar-refractivity contribution is 0.669. The van der Waals surface area contributed by atoms with Crippen LogP contribution in [0.3, 0.4) is 0 Å². The Hall–Kier alpha value is -6.54. The van der Waals surface area contributed by atoms with Gasteiger partial charge in [-0.15, -0.1) is 22.7 Å². The molecule has 0 bridgehead atoms. The molecule has 4 heterocycles. The van der Waals surface area contributed by atoms with E-state index in [1.165, 1.54) is 25.7 Å². The van der Waals surface area contributed by atoms with Crippen LogP contribution in [-0.2, 0) is 0 Å². The molecule has 4 aromatic heterocycles. The minimum absolute atomic E-state index is 0.611. The minimum Gasteiger partial charge on any atom is -0.456 e. The molecule has 7 aromatic carbocycles. The first-order chi connectivity index (χ1) is 26.2. The highest BCUT2D eigenvalue weighted by Gasteiger charge is 2.20. The Balaban J connectivity index is 1.07. The molecule has 0 aliphatic rings. The monoisotopic (exact) mass is 714 g/mol. The zero-order valence-electron chi connectivity index (χ0n) is 28.0. The summed E-state index contributed by atoms with van der Waals surface area (Å²) in [5.41, 5.74) is 8.96. The summed E-state index contributed by atoms with van der Waals surface area (Å²) in [6.45, 7) is 0. The predicted molar refractivity (Wildman–Crippen MR) is 220 cm³/mol. The van der Waals surface area contributed by atoms with Crippen molar-refractivity contribution in [2.45, 2.75) is 0 Å². The van der Waals surface area contributed by atoms with Gasteiger partial charge in [0.25, 0.3) is 0 Å². The maximum atomic E-state index is 6.25. The van der Waals surface area contributed by atoms with E-state index >= 15 is 0 Å². The zero-order chi connectivity index (χ0) is 34.9. The molecular formula is C46H26N4OS2. The van der Waals surface area contributed by atoms with Crippen molar-refractivity contribution < 1.29 is 4.42 Å². The van der Waals surface area contributed by atoms with E-state index in [1.54, 1.807) is 22.7 Å². The van der Waals surface area contributed by atoms with Crippen molar-refractivity contribution in [2.24, 2.45) is 0 Å². The molecule has 5 nitrogen and oxygen atoms in total. The van der Waals surface area contributed by atoms with Gasteiger partial charge >= 0.3 is 0 Å². The highest BCUT2D eigenvalue weighted by molar-refractivity contribution is 7.26. The second kappa shape index (κ2) is 12.0. The van der Waals surface area contributed by atoms with Crippen molar-refractivity contribution >= 4 is 75.0 Å². The van der Waals surface area contributed by atoms with Gasteiger partial charge in [-0.2, -0.15) is 0 Å². The lowest BCUT2D eigenvalue weighted by Crippen LogP contribution is -2.00. The van der Waals surface area contributed by atoms with Crippen LogP contribution in [0.1, 0.15) is 0 Å². The van der Waals surface area contributed by atoms with Gasteiger partial charge in [0.15, 0.2) is 17.5 Å². The van der Waals surface area contributed by atoms with E-state index in [1.807, 2.05) is 66.7 Å². The van der Waals surface area contributed by atoms with Crippen LogP contribution in [0, 0.1) is 0 Å². The van der Waals surface area contributed by atoms with Gasteiger partial charge in [0.1, 0.15) is 16.2 Å². The molecule has 0 atom stereocenters. The van der Waals surface area contributed by atoms with Gasteiger partial charge in [-0.25, -0.2) is 19.9 Å². The molecule has 53 heavy (non-hydrogen) atoms. The van der Waals surface area contributed by atoms with Crippen molar-refractivity contribution in [3.05, 3.63) is 158 Å². The van der Waals surface area contributed by atoms with E-state index in [2.05, 4.69) is 91.0 Å². The van der Waals surface area contributed by atoms with Crippen LogP contribution in [0.4, 0.5) is 0 Å². The molecule has 7 heteroatoms. The Labute approximate surface area is 311 Å². The van der Waals surface area contributed by atoms with Crippen molar-refractivity contribution in [1.29, 1.82) is 0 Å². The topological polar surface area (TPSA) is 64.7 Å². The van der Waals surface area contributed by atoms with Gasteiger partial charge in [-0.3, -0.25) is 0 Å². The van der Waals surface area contributed by atoms with E-state index in [0.717, 1.165) is 65.0 Å². The Bertz CT molecular complexity index is 3160. The Morgan fingerprint density at radius 1 is 0.396 bits per heavy atom. The molecule has 0 saturated carbocycles. The molecule has 0 unspecified atom stereocenters. The normalized spacial score (nSPS) is 11.8. The molecule has 0 amide bonds. The molecule has 0 spiro atoms. The summed E-state index contributed by atoms with van der Waals surface area (Å²) in [7, 11) is 0. The summed E-state index contributed by atoms with van der Waals surface area (Å²) < 4.78 is 9.80. The standard InChI is InChI=1S/C46H26N4OS2/c1-2-11-27(12-3-1)43-48-44(33-17-10-21-38-41(33)32-15-4-6-20-37(32)51-38)50-45(49-43)34-18-9-16-31-35-26-29(23-24-39(35)52-42(31)34)28-13-8-14-30(25-28)46-47-36-19-5-7-22-40(36)53-46/h1-26H. The van der Waals surface area contributed by atoms with Crippen LogP contribution >= 0.6 is 22.7 Å². The maximum Gasteiger partial charge on any atom is 0.165 e. The first-order valence-electron chi connectivity index (χ1n) is 17.4. The quantitative estimate of drug-likeness (QED) is 0.178. The fourth-order valence-electron chi connectivity index (χ4n) is 7.28. The highest BCUT2D eigenvalue weighted by Crippen LogP contribution is 2.42. The summed E-state index contributed by atoms with van der Waals surface area (Å²) in [4.78, 5) is 20.3. The Morgan fingerprint density at radius 3 is 2.00 bits per heavy atom. The number of benzene rings is 7. The predicted octanol–water partition coefficient (Wildman–Crippen LogP) is 13.1. The van der Waals surface area contributed by atoms with Crippen LogP contribution in [0.2, 0.25) is 0 Å². The third-order valence-electron chi connectivity index (χ3n) is 9.79. The smallest absolute Gasteiger partial charge is 0.165 e. The average Bonchev–Trinajstić information content (AvgIpc) is 3.94. The first-order valence-corrected chi connectivity index (χ1v) is 19.0. The fourth-order valence-corrected chi connectivity index (χ4v) is 9.43. The molecule has 0 N–H and O–H groups in total. The Kier molecular flexibility index (Phi) is 6.83. The number of furan rings is 1. The van der Waals surface area contributed by atoms with E-state index in [-0.39, 0.29) is 0 Å². The molecule has 248 valence electrons. The highest BCUT2D eigenvalue weighted by atomic mass is 32.1. The fraction of sp³-hybridized carbons (Fsp3) is 0. The van der Waals surface area contributed by atoms with Crippen molar-refractivity contribution in [3.8, 4) is 55.9 Å². The second-order valence-corrected chi connectivity index (χ2v) is 15.1. The van der Waals surface area contributed by atoms with E-state index in [0.29, 0.717) is 17.5 Å². The van der Waals surface area contributed by atoms with E-state index in [9.17, 15) is 0 Å². The number of thiazole rings is 1. The van der Waals surface area contributed by atoms with E-state index < -0.39 is 0 Å². The summed E-state index contributed by atoms with van der Waals surface area (Å²) in [6.07, 6.45) is 0. The maximum absolute atomic E-state index is 6.25. The lowest BCUT2D eigenvalue weighted by atomic mass is 10.0. The van der Waals surface area contributed by atoms with Gasteiger partial charge in [0.2, 0.25) is 0 Å². The van der Waals surface area contributed by atoms with Crippen LogP contribution in [0.5, 0.6) is 0 Å². The summed E-state index contributed by atoms with van der Waals surface area (Å²) in [6, 6.07) is 54.6. The number of fused-ring (bicyclic) bond motifs is 7. The molecule has 11 aromatic rings. The Morgan fingerprint density at radius 2 is 1.08 bits per heavy atom. The zero-order valence-corrected chi connectivity index (χ0v) is 29.7. The van der Waals surface area contributed by atoms with Crippen molar-refractivity contribution in [1.82, 2.24) is 19.9 Å². The van der Waals surface area contributed by atoms with Gasteiger partial charge in [-0.1, -0.05) is 109 Å². The van der Waals surface area contributed by atoms with Crippen molar-refractivity contribution in [2.75, 3.05) is 0 Å². The number of aromatic nitrogens is 4. The van der Waals surface area contributed by atoms with Crippen LogP contribution < -0.4 is 0 Å². The van der Waals surface area contributed by atoms with Gasteiger partial charge in [0.05, 0.1) is 10.2 Å². The van der Waals surface area contributed by atoms with Gasteiger partial charge in [0, 0.05) is 53.2 Å². The van der Waals surface area contributed by atoms with Gasteiger partial charge < -0.3 is 4.42 Å². The molecule has 0 fully saturated rings. The SMILES string of the molecule is c1ccc(-c2nc(-c3cccc4c3sc3ccc(-c5cccc(-c6nc7ccccc7s6)c5)cc34)nc(-c3cccc4oc5ccccc5c34)n2)cc1. The molecule has 0 aliphatic carbocycles. The summed E-state index contributed by atoms with van der Waals surface area (Å²) in [5.74, 6) is 1.88. The number of para-hydroxylation sites is 2. The number of rotatable bonds is 5. The second-order valence-electron chi connectivity index (χ2n) is 13.0.